The van der Waals surface area contributed by atoms with Crippen LogP contribution in [0.4, 0.5) is 0 Å². The first-order valence-electron chi connectivity index (χ1n) is 5.11. The van der Waals surface area contributed by atoms with Crippen molar-refractivity contribution in [2.24, 2.45) is 0 Å². The minimum atomic E-state index is 0.172. The molecule has 0 amide bonds. The van der Waals surface area contributed by atoms with Gasteiger partial charge in [-0.05, 0) is 37.4 Å². The van der Waals surface area contributed by atoms with Crippen molar-refractivity contribution in [2.75, 3.05) is 6.54 Å². The number of hydrogen-bond donors (Lipinski definition) is 1. The number of Topliss-reactive ketones (excluding diaryl/α,β-unsaturated/α-hetero) is 1. The third kappa shape index (κ3) is 1.70. The lowest BCUT2D eigenvalue weighted by Gasteiger charge is -2.09. The summed E-state index contributed by atoms with van der Waals surface area (Å²) in [6.45, 7) is 3.53. The first-order valence-corrected chi connectivity index (χ1v) is 5.11. The smallest absolute Gasteiger partial charge is 0.160 e. The highest BCUT2D eigenvalue weighted by molar-refractivity contribution is 5.95. The Kier molecular flexibility index (Phi) is 2.64. The van der Waals surface area contributed by atoms with Crippen molar-refractivity contribution in [3.63, 3.8) is 0 Å². The van der Waals surface area contributed by atoms with E-state index in [2.05, 4.69) is 11.4 Å². The topological polar surface area (TPSA) is 29.1 Å². The summed E-state index contributed by atoms with van der Waals surface area (Å²) in [5.74, 6) is 0.172. The molecule has 1 aromatic carbocycles. The zero-order valence-electron chi connectivity index (χ0n) is 8.47. The van der Waals surface area contributed by atoms with Gasteiger partial charge in [-0.1, -0.05) is 18.2 Å². The normalized spacial score (nSPS) is 15.8. The average molecular weight is 189 g/mol. The van der Waals surface area contributed by atoms with Crippen LogP contribution < -0.4 is 5.32 Å². The second-order valence-corrected chi connectivity index (χ2v) is 3.78. The summed E-state index contributed by atoms with van der Waals surface area (Å²) in [6, 6.07) is 6.05. The Balaban J connectivity index is 2.47. The second kappa shape index (κ2) is 3.93. The predicted molar refractivity (Wildman–Crippen MR) is 56.5 cm³/mol. The number of ketones is 1. The lowest BCUT2D eigenvalue weighted by Crippen LogP contribution is -2.14. The van der Waals surface area contributed by atoms with Crippen LogP contribution in [-0.2, 0) is 13.0 Å². The molecule has 0 spiro atoms. The molecule has 1 aliphatic heterocycles. The van der Waals surface area contributed by atoms with Crippen molar-refractivity contribution in [3.8, 4) is 0 Å². The minimum absolute atomic E-state index is 0.172. The molecule has 1 heterocycles. The Hall–Kier alpha value is -1.15. The maximum atomic E-state index is 11.4. The maximum absolute atomic E-state index is 11.4. The molecular formula is C12H15NO. The predicted octanol–water partition coefficient (Wildman–Crippen LogP) is 1.93. The van der Waals surface area contributed by atoms with Crippen molar-refractivity contribution in [3.05, 3.63) is 34.9 Å². The number of carbonyl (C=O) groups is 1. The molecule has 2 rings (SSSR count). The van der Waals surface area contributed by atoms with Gasteiger partial charge in [-0.15, -0.1) is 0 Å². The highest BCUT2D eigenvalue weighted by Crippen LogP contribution is 2.19. The van der Waals surface area contributed by atoms with Gasteiger partial charge in [0.05, 0.1) is 0 Å². The van der Waals surface area contributed by atoms with Crippen LogP contribution in [0.1, 0.15) is 34.8 Å². The van der Waals surface area contributed by atoms with Gasteiger partial charge < -0.3 is 5.32 Å². The van der Waals surface area contributed by atoms with E-state index in [1.807, 2.05) is 12.1 Å². The van der Waals surface area contributed by atoms with Crippen molar-refractivity contribution in [2.45, 2.75) is 26.3 Å². The van der Waals surface area contributed by atoms with E-state index >= 15 is 0 Å². The monoisotopic (exact) mass is 189 g/mol. The molecule has 0 fully saturated rings. The Morgan fingerprint density at radius 2 is 2.29 bits per heavy atom. The van der Waals surface area contributed by atoms with E-state index in [0.29, 0.717) is 0 Å². The Morgan fingerprint density at radius 3 is 3.07 bits per heavy atom. The van der Waals surface area contributed by atoms with Crippen LogP contribution in [0.15, 0.2) is 18.2 Å². The largest absolute Gasteiger partial charge is 0.313 e. The lowest BCUT2D eigenvalue weighted by molar-refractivity contribution is 0.101. The van der Waals surface area contributed by atoms with E-state index in [0.717, 1.165) is 31.5 Å². The molecule has 14 heavy (non-hydrogen) atoms. The zero-order valence-corrected chi connectivity index (χ0v) is 8.47. The molecule has 1 N–H and O–H groups in total. The zero-order chi connectivity index (χ0) is 9.97. The summed E-state index contributed by atoms with van der Waals surface area (Å²) in [7, 11) is 0. The van der Waals surface area contributed by atoms with Crippen molar-refractivity contribution < 1.29 is 4.79 Å². The fourth-order valence-electron chi connectivity index (χ4n) is 2.02. The Labute approximate surface area is 84.3 Å². The quantitative estimate of drug-likeness (QED) is 0.684. The van der Waals surface area contributed by atoms with Gasteiger partial charge in [0.25, 0.3) is 0 Å². The SMILES string of the molecule is CC(=O)c1cccc2c1CNCCC2. The van der Waals surface area contributed by atoms with Crippen LogP contribution in [-0.4, -0.2) is 12.3 Å². The summed E-state index contributed by atoms with van der Waals surface area (Å²) in [4.78, 5) is 11.4. The van der Waals surface area contributed by atoms with E-state index < -0.39 is 0 Å². The van der Waals surface area contributed by atoms with Gasteiger partial charge in [0.15, 0.2) is 5.78 Å². The van der Waals surface area contributed by atoms with Crippen molar-refractivity contribution in [1.29, 1.82) is 0 Å². The number of fused-ring (bicyclic) bond motifs is 1. The van der Waals surface area contributed by atoms with Gasteiger partial charge in [-0.3, -0.25) is 4.79 Å². The summed E-state index contributed by atoms with van der Waals surface area (Å²) in [5, 5.41) is 3.35. The van der Waals surface area contributed by atoms with Crippen LogP contribution in [0.3, 0.4) is 0 Å². The first-order chi connectivity index (χ1) is 6.79. The Bertz CT molecular complexity index is 357. The van der Waals surface area contributed by atoms with E-state index in [-0.39, 0.29) is 5.78 Å². The molecule has 1 aliphatic rings. The Morgan fingerprint density at radius 1 is 1.43 bits per heavy atom. The molecule has 74 valence electrons. The van der Waals surface area contributed by atoms with Gasteiger partial charge in [-0.2, -0.15) is 0 Å². The molecule has 0 aromatic heterocycles. The molecule has 0 radical (unpaired) electrons. The number of carbonyl (C=O) groups excluding carboxylic acids is 1. The number of hydrogen-bond acceptors (Lipinski definition) is 2. The summed E-state index contributed by atoms with van der Waals surface area (Å²) < 4.78 is 0. The highest BCUT2D eigenvalue weighted by Gasteiger charge is 2.13. The molecule has 2 nitrogen and oxygen atoms in total. The van der Waals surface area contributed by atoms with Gasteiger partial charge in [-0.25, -0.2) is 0 Å². The molecule has 1 aromatic rings. The van der Waals surface area contributed by atoms with Crippen LogP contribution in [0.25, 0.3) is 0 Å². The van der Waals surface area contributed by atoms with E-state index in [1.54, 1.807) is 6.92 Å². The van der Waals surface area contributed by atoms with E-state index in [1.165, 1.54) is 11.1 Å². The summed E-state index contributed by atoms with van der Waals surface area (Å²) in [5.41, 5.74) is 3.43. The van der Waals surface area contributed by atoms with Gasteiger partial charge in [0.2, 0.25) is 0 Å². The van der Waals surface area contributed by atoms with E-state index in [9.17, 15) is 4.79 Å². The number of rotatable bonds is 1. The molecule has 2 heteroatoms. The fraction of sp³-hybridized carbons (Fsp3) is 0.417. The van der Waals surface area contributed by atoms with Crippen LogP contribution >= 0.6 is 0 Å². The number of aryl methyl sites for hydroxylation is 1. The third-order valence-electron chi connectivity index (χ3n) is 2.75. The van der Waals surface area contributed by atoms with Gasteiger partial charge in [0.1, 0.15) is 0 Å². The maximum Gasteiger partial charge on any atom is 0.160 e. The number of nitrogens with one attached hydrogen (secondary N) is 1. The fourth-order valence-corrected chi connectivity index (χ4v) is 2.02. The molecule has 0 saturated carbocycles. The molecule has 0 aliphatic carbocycles. The highest BCUT2D eigenvalue weighted by atomic mass is 16.1. The minimum Gasteiger partial charge on any atom is -0.313 e. The van der Waals surface area contributed by atoms with Gasteiger partial charge in [0, 0.05) is 12.1 Å². The van der Waals surface area contributed by atoms with Crippen molar-refractivity contribution >= 4 is 5.78 Å². The molecule has 0 atom stereocenters. The van der Waals surface area contributed by atoms with Crippen LogP contribution in [0.5, 0.6) is 0 Å². The van der Waals surface area contributed by atoms with Gasteiger partial charge >= 0.3 is 0 Å². The van der Waals surface area contributed by atoms with E-state index in [4.69, 9.17) is 0 Å². The second-order valence-electron chi connectivity index (χ2n) is 3.78. The molecule has 0 bridgehead atoms. The average Bonchev–Trinajstić information content (AvgIpc) is 2.41. The van der Waals surface area contributed by atoms with Crippen LogP contribution in [0.2, 0.25) is 0 Å². The summed E-state index contributed by atoms with van der Waals surface area (Å²) >= 11 is 0. The summed E-state index contributed by atoms with van der Waals surface area (Å²) in [6.07, 6.45) is 2.25. The molecular weight excluding hydrogens is 174 g/mol. The van der Waals surface area contributed by atoms with Crippen LogP contribution in [0, 0.1) is 0 Å². The standard InChI is InChI=1S/C12H15NO/c1-9(14)11-6-2-4-10-5-3-7-13-8-12(10)11/h2,4,6,13H,3,5,7-8H2,1H3. The third-order valence-corrected chi connectivity index (χ3v) is 2.75. The lowest BCUT2D eigenvalue weighted by atomic mass is 9.97. The van der Waals surface area contributed by atoms with Crippen molar-refractivity contribution in [1.82, 2.24) is 5.32 Å². The molecule has 0 unspecified atom stereocenters. The molecule has 0 saturated heterocycles. The first kappa shape index (κ1) is 9.41. The number of benzene rings is 1.